The Labute approximate surface area is 95.8 Å². The van der Waals surface area contributed by atoms with Crippen molar-refractivity contribution in [3.05, 3.63) is 42.7 Å². The maximum atomic E-state index is 11.8. The lowest BCUT2D eigenvalue weighted by Gasteiger charge is -2.28. The number of rotatable bonds is 4. The van der Waals surface area contributed by atoms with Crippen LogP contribution in [0.25, 0.3) is 0 Å². The van der Waals surface area contributed by atoms with Crippen molar-refractivity contribution in [3.8, 4) is 0 Å². The van der Waals surface area contributed by atoms with Crippen LogP contribution >= 0.6 is 0 Å². The van der Waals surface area contributed by atoms with Crippen molar-refractivity contribution in [2.24, 2.45) is 0 Å². The van der Waals surface area contributed by atoms with Crippen LogP contribution in [0.15, 0.2) is 37.2 Å². The average molecular weight is 216 g/mol. The summed E-state index contributed by atoms with van der Waals surface area (Å²) in [6.07, 6.45) is 7.16. The molecule has 0 spiro atoms. The molecule has 1 saturated carbocycles. The van der Waals surface area contributed by atoms with E-state index in [1.807, 2.05) is 30.2 Å². The average Bonchev–Trinajstić information content (AvgIpc) is 3.14. The van der Waals surface area contributed by atoms with Gasteiger partial charge in [-0.2, -0.15) is 0 Å². The molecule has 84 valence electrons. The van der Waals surface area contributed by atoms with Crippen molar-refractivity contribution in [1.29, 1.82) is 0 Å². The lowest BCUT2D eigenvalue weighted by atomic mass is 10.1. The van der Waals surface area contributed by atoms with Crippen molar-refractivity contribution in [2.75, 3.05) is 0 Å². The normalized spacial score (nSPS) is 16.6. The molecule has 0 saturated heterocycles. The zero-order valence-electron chi connectivity index (χ0n) is 9.47. The highest BCUT2D eigenvalue weighted by Gasteiger charge is 2.35. The number of hydrogen-bond donors (Lipinski definition) is 0. The van der Waals surface area contributed by atoms with E-state index in [0.717, 1.165) is 18.4 Å². The summed E-state index contributed by atoms with van der Waals surface area (Å²) in [5.74, 6) is 0.0128. The van der Waals surface area contributed by atoms with Gasteiger partial charge in [0, 0.05) is 18.4 Å². The second-order valence-corrected chi connectivity index (χ2v) is 4.14. The van der Waals surface area contributed by atoms with E-state index in [1.54, 1.807) is 6.20 Å². The third-order valence-corrected chi connectivity index (χ3v) is 2.95. The molecule has 1 aliphatic carbocycles. The zero-order valence-corrected chi connectivity index (χ0v) is 9.47. The third-order valence-electron chi connectivity index (χ3n) is 2.95. The first kappa shape index (κ1) is 10.9. The predicted octanol–water partition coefficient (Wildman–Crippen LogP) is 2.32. The van der Waals surface area contributed by atoms with E-state index in [4.69, 9.17) is 0 Å². The Kier molecular flexibility index (Phi) is 3.04. The van der Waals surface area contributed by atoms with Gasteiger partial charge >= 0.3 is 0 Å². The van der Waals surface area contributed by atoms with Gasteiger partial charge in [0.2, 0.25) is 5.91 Å². The molecule has 1 fully saturated rings. The van der Waals surface area contributed by atoms with Crippen LogP contribution in [-0.4, -0.2) is 21.8 Å². The van der Waals surface area contributed by atoms with Gasteiger partial charge in [0.15, 0.2) is 0 Å². The summed E-state index contributed by atoms with van der Waals surface area (Å²) >= 11 is 0. The van der Waals surface area contributed by atoms with E-state index < -0.39 is 0 Å². The van der Waals surface area contributed by atoms with Crippen LogP contribution < -0.4 is 0 Å². The minimum Gasteiger partial charge on any atom is -0.329 e. The van der Waals surface area contributed by atoms with Gasteiger partial charge in [-0.15, -0.1) is 0 Å². The smallest absolute Gasteiger partial charge is 0.246 e. The summed E-state index contributed by atoms with van der Waals surface area (Å²) in [5.41, 5.74) is 1.07. The van der Waals surface area contributed by atoms with Crippen LogP contribution in [0.4, 0.5) is 0 Å². The van der Waals surface area contributed by atoms with Gasteiger partial charge in [0.25, 0.3) is 0 Å². The molecule has 16 heavy (non-hydrogen) atoms. The predicted molar refractivity (Wildman–Crippen MR) is 62.7 cm³/mol. The summed E-state index contributed by atoms with van der Waals surface area (Å²) in [4.78, 5) is 17.8. The first-order chi connectivity index (χ1) is 7.74. The second kappa shape index (κ2) is 4.47. The minimum absolute atomic E-state index is 0.0128. The molecule has 0 bridgehead atoms. The minimum atomic E-state index is 0.0128. The molecule has 0 radical (unpaired) electrons. The number of pyridine rings is 1. The van der Waals surface area contributed by atoms with E-state index in [-0.39, 0.29) is 11.9 Å². The first-order valence-electron chi connectivity index (χ1n) is 5.58. The molecule has 1 heterocycles. The fourth-order valence-electron chi connectivity index (χ4n) is 1.93. The van der Waals surface area contributed by atoms with Gasteiger partial charge in [-0.3, -0.25) is 9.78 Å². The van der Waals surface area contributed by atoms with Crippen LogP contribution in [-0.2, 0) is 4.79 Å². The number of carbonyl (C=O) groups is 1. The maximum absolute atomic E-state index is 11.8. The van der Waals surface area contributed by atoms with Crippen LogP contribution in [0, 0.1) is 0 Å². The Bertz CT molecular complexity index is 384. The Balaban J connectivity index is 2.20. The SMILES string of the molecule is C=CC(=O)N(C1CC1)[C@@H](C)c1cccnc1. The lowest BCUT2D eigenvalue weighted by molar-refractivity contribution is -0.128. The molecule has 1 aromatic rings. The Hall–Kier alpha value is -1.64. The Morgan fingerprint density at radius 2 is 2.44 bits per heavy atom. The number of amides is 1. The first-order valence-corrected chi connectivity index (χ1v) is 5.58. The van der Waals surface area contributed by atoms with Gasteiger partial charge in [-0.05, 0) is 37.5 Å². The highest BCUT2D eigenvalue weighted by Crippen LogP contribution is 2.34. The summed E-state index contributed by atoms with van der Waals surface area (Å²) in [7, 11) is 0. The van der Waals surface area contributed by atoms with Crippen molar-refractivity contribution in [3.63, 3.8) is 0 Å². The number of carbonyl (C=O) groups excluding carboxylic acids is 1. The van der Waals surface area contributed by atoms with Crippen LogP contribution in [0.5, 0.6) is 0 Å². The van der Waals surface area contributed by atoms with Crippen molar-refractivity contribution >= 4 is 5.91 Å². The molecular formula is C13H16N2O. The maximum Gasteiger partial charge on any atom is 0.246 e. The zero-order chi connectivity index (χ0) is 11.5. The Morgan fingerprint density at radius 1 is 1.69 bits per heavy atom. The fourth-order valence-corrected chi connectivity index (χ4v) is 1.93. The van der Waals surface area contributed by atoms with E-state index >= 15 is 0 Å². The van der Waals surface area contributed by atoms with E-state index in [0.29, 0.717) is 6.04 Å². The van der Waals surface area contributed by atoms with Gasteiger partial charge < -0.3 is 4.90 Å². The van der Waals surface area contributed by atoms with E-state index in [2.05, 4.69) is 11.6 Å². The standard InChI is InChI=1S/C13H16N2O/c1-3-13(16)15(12-6-7-12)10(2)11-5-4-8-14-9-11/h3-5,8-10,12H,1,6-7H2,2H3/t10-/m0/s1. The molecule has 3 heteroatoms. The van der Waals surface area contributed by atoms with Crippen LogP contribution in [0.3, 0.4) is 0 Å². The lowest BCUT2D eigenvalue weighted by Crippen LogP contribution is -2.34. The largest absolute Gasteiger partial charge is 0.329 e. The molecule has 1 aliphatic rings. The fraction of sp³-hybridized carbons (Fsp3) is 0.385. The summed E-state index contributed by atoms with van der Waals surface area (Å²) in [6, 6.07) is 4.37. The quantitative estimate of drug-likeness (QED) is 0.724. The molecule has 2 rings (SSSR count). The summed E-state index contributed by atoms with van der Waals surface area (Å²) in [6.45, 7) is 5.60. The van der Waals surface area contributed by atoms with E-state index in [1.165, 1.54) is 6.08 Å². The van der Waals surface area contributed by atoms with Crippen LogP contribution in [0.1, 0.15) is 31.4 Å². The van der Waals surface area contributed by atoms with Gasteiger partial charge in [0.1, 0.15) is 0 Å². The van der Waals surface area contributed by atoms with Gasteiger partial charge in [-0.25, -0.2) is 0 Å². The highest BCUT2D eigenvalue weighted by atomic mass is 16.2. The third kappa shape index (κ3) is 2.13. The van der Waals surface area contributed by atoms with Gasteiger partial charge in [-0.1, -0.05) is 12.6 Å². The van der Waals surface area contributed by atoms with Crippen molar-refractivity contribution in [1.82, 2.24) is 9.88 Å². The Morgan fingerprint density at radius 3 is 2.94 bits per heavy atom. The molecule has 1 amide bonds. The summed E-state index contributed by atoms with van der Waals surface area (Å²) < 4.78 is 0. The number of hydrogen-bond acceptors (Lipinski definition) is 2. The molecule has 1 atom stereocenters. The van der Waals surface area contributed by atoms with Crippen molar-refractivity contribution in [2.45, 2.75) is 31.8 Å². The molecular weight excluding hydrogens is 200 g/mol. The molecule has 0 unspecified atom stereocenters. The topological polar surface area (TPSA) is 33.2 Å². The monoisotopic (exact) mass is 216 g/mol. The molecule has 3 nitrogen and oxygen atoms in total. The van der Waals surface area contributed by atoms with Crippen LogP contribution in [0.2, 0.25) is 0 Å². The van der Waals surface area contributed by atoms with Crippen molar-refractivity contribution < 1.29 is 4.79 Å². The number of aromatic nitrogens is 1. The summed E-state index contributed by atoms with van der Waals surface area (Å²) in [5, 5.41) is 0. The number of nitrogens with zero attached hydrogens (tertiary/aromatic N) is 2. The van der Waals surface area contributed by atoms with E-state index in [9.17, 15) is 4.79 Å². The molecule has 0 N–H and O–H groups in total. The highest BCUT2D eigenvalue weighted by molar-refractivity contribution is 5.87. The molecule has 1 aromatic heterocycles. The van der Waals surface area contributed by atoms with Gasteiger partial charge in [0.05, 0.1) is 6.04 Å². The second-order valence-electron chi connectivity index (χ2n) is 4.14. The molecule has 0 aromatic carbocycles. The molecule has 0 aliphatic heterocycles.